The number of para-hydroxylation sites is 1. The van der Waals surface area contributed by atoms with E-state index in [0.29, 0.717) is 6.42 Å². The Bertz CT molecular complexity index is 1080. The lowest BCUT2D eigenvalue weighted by Crippen LogP contribution is -2.54. The van der Waals surface area contributed by atoms with E-state index in [4.69, 9.17) is 0 Å². The van der Waals surface area contributed by atoms with Gasteiger partial charge in [0, 0.05) is 23.3 Å². The van der Waals surface area contributed by atoms with E-state index in [9.17, 15) is 14.4 Å². The van der Waals surface area contributed by atoms with Crippen molar-refractivity contribution in [3.63, 3.8) is 0 Å². The van der Waals surface area contributed by atoms with Crippen LogP contribution in [-0.2, 0) is 26.3 Å². The third kappa shape index (κ3) is 2.51. The normalized spacial score (nSPS) is 32.1. The Morgan fingerprint density at radius 1 is 0.903 bits per heavy atom. The molecule has 0 unspecified atom stereocenters. The Kier molecular flexibility index (Phi) is 4.09. The number of likely N-dealkylation sites (tertiary alicyclic amines) is 1. The van der Waals surface area contributed by atoms with Gasteiger partial charge in [-0.05, 0) is 30.9 Å². The lowest BCUT2D eigenvalue weighted by Gasteiger charge is -2.31. The molecule has 3 heterocycles. The van der Waals surface area contributed by atoms with E-state index < -0.39 is 17.4 Å². The summed E-state index contributed by atoms with van der Waals surface area (Å²) in [5.74, 6) is -1.77. The average Bonchev–Trinajstić information content (AvgIpc) is 3.52. The van der Waals surface area contributed by atoms with E-state index in [-0.39, 0.29) is 29.8 Å². The van der Waals surface area contributed by atoms with Gasteiger partial charge in [-0.1, -0.05) is 61.4 Å². The maximum Gasteiger partial charge on any atom is 0.250 e. The van der Waals surface area contributed by atoms with Crippen molar-refractivity contribution in [3.8, 4) is 0 Å². The number of benzene rings is 2. The lowest BCUT2D eigenvalue weighted by atomic mass is 9.76. The number of nitrogens with zero attached hydrogens (tertiary/aromatic N) is 1. The topological polar surface area (TPSA) is 78.5 Å². The monoisotopic (exact) mass is 415 g/mol. The Labute approximate surface area is 181 Å². The van der Waals surface area contributed by atoms with Crippen molar-refractivity contribution >= 4 is 23.4 Å². The van der Waals surface area contributed by atoms with E-state index in [1.807, 2.05) is 54.6 Å². The lowest BCUT2D eigenvalue weighted by molar-refractivity contribution is -0.145. The van der Waals surface area contributed by atoms with Crippen LogP contribution in [0.1, 0.15) is 36.8 Å². The molecule has 4 aliphatic rings. The second kappa shape index (κ2) is 6.76. The highest BCUT2D eigenvalue weighted by Gasteiger charge is 2.70. The molecule has 1 saturated carbocycles. The van der Waals surface area contributed by atoms with Gasteiger partial charge in [-0.3, -0.25) is 24.6 Å². The molecule has 1 spiro atoms. The first-order valence-corrected chi connectivity index (χ1v) is 11.2. The second-order valence-corrected chi connectivity index (χ2v) is 9.24. The molecule has 3 fully saturated rings. The average molecular weight is 415 g/mol. The van der Waals surface area contributed by atoms with Crippen LogP contribution in [0.2, 0.25) is 0 Å². The molecule has 2 aromatic rings. The molecule has 4 atom stereocenters. The van der Waals surface area contributed by atoms with Gasteiger partial charge in [0.1, 0.15) is 5.54 Å². The fourth-order valence-electron chi connectivity index (χ4n) is 6.35. The highest BCUT2D eigenvalue weighted by Crippen LogP contribution is 2.54. The zero-order chi connectivity index (χ0) is 21.2. The molecule has 6 heteroatoms. The first-order valence-electron chi connectivity index (χ1n) is 11.2. The van der Waals surface area contributed by atoms with Gasteiger partial charge in [0.05, 0.1) is 11.8 Å². The van der Waals surface area contributed by atoms with Crippen molar-refractivity contribution in [2.75, 3.05) is 5.32 Å². The van der Waals surface area contributed by atoms with Crippen LogP contribution in [0, 0.1) is 11.8 Å². The summed E-state index contributed by atoms with van der Waals surface area (Å²) in [6.45, 7) is 0. The minimum Gasteiger partial charge on any atom is -0.324 e. The highest BCUT2D eigenvalue weighted by molar-refractivity contribution is 6.15. The summed E-state index contributed by atoms with van der Waals surface area (Å²) in [5, 5.41) is 6.48. The third-order valence-electron chi connectivity index (χ3n) is 7.64. The smallest absolute Gasteiger partial charge is 0.250 e. The second-order valence-electron chi connectivity index (χ2n) is 9.24. The maximum absolute atomic E-state index is 13.8. The molecule has 2 N–H and O–H groups in total. The number of hydrogen-bond donors (Lipinski definition) is 2. The fourth-order valence-corrected chi connectivity index (χ4v) is 6.35. The highest BCUT2D eigenvalue weighted by atomic mass is 16.2. The van der Waals surface area contributed by atoms with Crippen molar-refractivity contribution in [1.82, 2.24) is 10.2 Å². The van der Waals surface area contributed by atoms with Crippen LogP contribution >= 0.6 is 0 Å². The Balaban J connectivity index is 1.47. The molecular formula is C25H25N3O3. The molecule has 3 aliphatic heterocycles. The first kappa shape index (κ1) is 18.8. The number of carbonyl (C=O) groups is 3. The summed E-state index contributed by atoms with van der Waals surface area (Å²) in [6, 6.07) is 17.2. The Morgan fingerprint density at radius 2 is 1.61 bits per heavy atom. The number of nitrogens with one attached hydrogen (secondary N) is 2. The van der Waals surface area contributed by atoms with Gasteiger partial charge in [0.25, 0.3) is 0 Å². The van der Waals surface area contributed by atoms with Gasteiger partial charge >= 0.3 is 0 Å². The van der Waals surface area contributed by atoms with Crippen LogP contribution in [0.5, 0.6) is 0 Å². The van der Waals surface area contributed by atoms with Crippen LogP contribution in [-0.4, -0.2) is 34.7 Å². The van der Waals surface area contributed by atoms with E-state index in [0.717, 1.165) is 42.5 Å². The molecular weight excluding hydrogens is 390 g/mol. The van der Waals surface area contributed by atoms with Gasteiger partial charge in [0.15, 0.2) is 0 Å². The van der Waals surface area contributed by atoms with E-state index in [1.54, 1.807) is 0 Å². The van der Waals surface area contributed by atoms with Gasteiger partial charge in [-0.2, -0.15) is 0 Å². The number of hydrogen-bond acceptors (Lipinski definition) is 4. The number of amides is 3. The summed E-state index contributed by atoms with van der Waals surface area (Å²) < 4.78 is 0. The molecule has 158 valence electrons. The minimum atomic E-state index is -1.19. The quantitative estimate of drug-likeness (QED) is 0.756. The minimum absolute atomic E-state index is 0.0280. The zero-order valence-corrected chi connectivity index (χ0v) is 17.2. The molecule has 1 aliphatic carbocycles. The van der Waals surface area contributed by atoms with E-state index >= 15 is 0 Å². The van der Waals surface area contributed by atoms with Gasteiger partial charge in [-0.25, -0.2) is 0 Å². The van der Waals surface area contributed by atoms with Crippen LogP contribution in [0.25, 0.3) is 0 Å². The summed E-state index contributed by atoms with van der Waals surface area (Å²) >= 11 is 0. The maximum atomic E-state index is 13.8. The Morgan fingerprint density at radius 3 is 2.39 bits per heavy atom. The van der Waals surface area contributed by atoms with Crippen LogP contribution in [0.4, 0.5) is 5.69 Å². The fraction of sp³-hybridized carbons (Fsp3) is 0.400. The van der Waals surface area contributed by atoms with E-state index in [1.165, 1.54) is 4.90 Å². The summed E-state index contributed by atoms with van der Waals surface area (Å²) in [4.78, 5) is 42.4. The van der Waals surface area contributed by atoms with Gasteiger partial charge in [0.2, 0.25) is 17.7 Å². The number of imide groups is 1. The zero-order valence-electron chi connectivity index (χ0n) is 17.2. The molecule has 0 bridgehead atoms. The summed E-state index contributed by atoms with van der Waals surface area (Å²) in [7, 11) is 0. The van der Waals surface area contributed by atoms with Gasteiger partial charge < -0.3 is 5.32 Å². The van der Waals surface area contributed by atoms with E-state index in [2.05, 4.69) is 10.6 Å². The molecule has 3 amide bonds. The predicted octanol–water partition coefficient (Wildman–Crippen LogP) is 2.59. The summed E-state index contributed by atoms with van der Waals surface area (Å²) in [6.07, 6.45) is 4.40. The molecule has 6 rings (SSSR count). The van der Waals surface area contributed by atoms with Crippen LogP contribution < -0.4 is 10.6 Å². The molecule has 2 aromatic carbocycles. The van der Waals surface area contributed by atoms with Crippen LogP contribution in [0.3, 0.4) is 0 Å². The number of anilines is 1. The molecule has 0 radical (unpaired) electrons. The number of rotatable bonds is 3. The molecule has 2 saturated heterocycles. The van der Waals surface area contributed by atoms with Crippen LogP contribution in [0.15, 0.2) is 54.6 Å². The van der Waals surface area contributed by atoms with Crippen molar-refractivity contribution in [3.05, 3.63) is 65.7 Å². The van der Waals surface area contributed by atoms with Crippen molar-refractivity contribution < 1.29 is 14.4 Å². The van der Waals surface area contributed by atoms with Gasteiger partial charge in [-0.15, -0.1) is 0 Å². The molecule has 0 aromatic heterocycles. The molecule has 6 nitrogen and oxygen atoms in total. The first-order chi connectivity index (χ1) is 15.1. The third-order valence-corrected chi connectivity index (χ3v) is 7.64. The van der Waals surface area contributed by atoms with Crippen molar-refractivity contribution in [2.24, 2.45) is 11.8 Å². The summed E-state index contributed by atoms with van der Waals surface area (Å²) in [5.41, 5.74) is 1.39. The number of carbonyl (C=O) groups excluding carboxylic acids is 3. The molecule has 31 heavy (non-hydrogen) atoms. The standard InChI is InChI=1S/C25H25N3O3/c29-22-20-19(14-15-8-2-1-3-9-15)27-25(17-12-6-7-13-18(17)26-24(25)31)21(20)23(30)28(22)16-10-4-5-11-16/h1-3,6-9,12-13,16,19-21,27H,4-5,10-11,14H2,(H,26,31)/t19-,20+,21+,25+/m1/s1. The number of fused-ring (bicyclic) bond motifs is 4. The van der Waals surface area contributed by atoms with Crippen molar-refractivity contribution in [2.45, 2.75) is 49.7 Å². The van der Waals surface area contributed by atoms with Crippen molar-refractivity contribution in [1.29, 1.82) is 0 Å². The SMILES string of the molecule is O=C1[C@@H]2[C@@H](C(=O)N1C1CCCC1)[C@]1(N[C@@H]2Cc2ccccc2)C(=O)Nc2ccccc21. The Hall–Kier alpha value is -2.99. The largest absolute Gasteiger partial charge is 0.324 e. The predicted molar refractivity (Wildman–Crippen MR) is 115 cm³/mol.